The number of anilines is 1. The van der Waals surface area contributed by atoms with Crippen LogP contribution in [0.4, 0.5) is 5.88 Å². The number of nitrogens with two attached hydrogens (primary N) is 1. The smallest absolute Gasteiger partial charge is 0.222 e. The number of hydrogen-bond donors (Lipinski definition) is 2. The molecule has 90 valence electrons. The van der Waals surface area contributed by atoms with E-state index < -0.39 is 5.60 Å². The molecule has 0 fully saturated rings. The normalized spacial score (nSPS) is 11.7. The molecule has 0 saturated carbocycles. The third-order valence-electron chi connectivity index (χ3n) is 2.44. The number of aromatic nitrogens is 1. The van der Waals surface area contributed by atoms with Gasteiger partial charge in [0.15, 0.2) is 0 Å². The van der Waals surface area contributed by atoms with E-state index >= 15 is 0 Å². The summed E-state index contributed by atoms with van der Waals surface area (Å²) in [5.74, 6) is 0.290. The maximum Gasteiger partial charge on any atom is 0.222 e. The van der Waals surface area contributed by atoms with Crippen LogP contribution in [0.15, 0.2) is 34.9 Å². The van der Waals surface area contributed by atoms with E-state index in [1.165, 1.54) is 0 Å². The molecule has 4 nitrogen and oxygen atoms in total. The Balaban J connectivity index is 2.41. The predicted octanol–water partition coefficient (Wildman–Crippen LogP) is 2.24. The van der Waals surface area contributed by atoms with Crippen molar-refractivity contribution in [2.45, 2.75) is 25.9 Å². The minimum atomic E-state index is -0.759. The molecule has 0 radical (unpaired) electrons. The number of nitrogen functional groups attached to an aromatic ring is 1. The molecule has 3 N–H and O–H groups in total. The number of nitrogens with zero attached hydrogens (tertiary/aromatic N) is 1. The molecule has 0 spiro atoms. The van der Waals surface area contributed by atoms with Crippen molar-refractivity contribution in [2.24, 2.45) is 0 Å². The van der Waals surface area contributed by atoms with E-state index in [0.717, 1.165) is 11.1 Å². The van der Waals surface area contributed by atoms with Gasteiger partial charge in [-0.1, -0.05) is 29.4 Å². The zero-order valence-electron chi connectivity index (χ0n) is 9.97. The highest BCUT2D eigenvalue weighted by Gasteiger charge is 2.17. The summed E-state index contributed by atoms with van der Waals surface area (Å²) in [6.45, 7) is 3.56. The van der Waals surface area contributed by atoms with Crippen LogP contribution in [0.5, 0.6) is 0 Å². The van der Waals surface area contributed by atoms with E-state index in [-0.39, 0.29) is 5.88 Å². The number of hydrogen-bond acceptors (Lipinski definition) is 4. The lowest BCUT2D eigenvalue weighted by Gasteiger charge is -2.18. The zero-order chi connectivity index (χ0) is 12.5. The molecule has 0 bridgehead atoms. The van der Waals surface area contributed by atoms with Crippen LogP contribution in [-0.4, -0.2) is 15.9 Å². The molecule has 17 heavy (non-hydrogen) atoms. The van der Waals surface area contributed by atoms with E-state index in [1.807, 2.05) is 24.3 Å². The first-order valence-electron chi connectivity index (χ1n) is 5.48. The Hall–Kier alpha value is -1.81. The molecule has 4 heteroatoms. The standard InChI is InChI=1S/C13H16N2O2/c1-13(2,16)8-9-5-3-4-6-10(9)11-7-12(14)17-15-11/h3-7,16H,8,14H2,1-2H3. The van der Waals surface area contributed by atoms with Crippen molar-refractivity contribution < 1.29 is 9.63 Å². The molecular formula is C13H16N2O2. The van der Waals surface area contributed by atoms with Crippen LogP contribution in [0.3, 0.4) is 0 Å². The van der Waals surface area contributed by atoms with Crippen molar-refractivity contribution in [1.82, 2.24) is 5.16 Å². The van der Waals surface area contributed by atoms with E-state index in [0.29, 0.717) is 12.1 Å². The van der Waals surface area contributed by atoms with Crippen molar-refractivity contribution >= 4 is 5.88 Å². The second-order valence-electron chi connectivity index (χ2n) is 4.76. The quantitative estimate of drug-likeness (QED) is 0.851. The predicted molar refractivity (Wildman–Crippen MR) is 66.4 cm³/mol. The van der Waals surface area contributed by atoms with Crippen LogP contribution in [0.1, 0.15) is 19.4 Å². The summed E-state index contributed by atoms with van der Waals surface area (Å²) in [6, 6.07) is 9.46. The summed E-state index contributed by atoms with van der Waals surface area (Å²) in [5, 5.41) is 13.8. The molecule has 0 atom stereocenters. The Labute approximate surface area is 100 Å². The van der Waals surface area contributed by atoms with Gasteiger partial charge >= 0.3 is 0 Å². The summed E-state index contributed by atoms with van der Waals surface area (Å²) in [7, 11) is 0. The van der Waals surface area contributed by atoms with Gasteiger partial charge in [0, 0.05) is 18.1 Å². The van der Waals surface area contributed by atoms with Gasteiger partial charge in [0.25, 0.3) is 0 Å². The molecule has 2 rings (SSSR count). The second-order valence-corrected chi connectivity index (χ2v) is 4.76. The van der Waals surface area contributed by atoms with Crippen LogP contribution in [0, 0.1) is 0 Å². The molecule has 0 saturated heterocycles. The second kappa shape index (κ2) is 4.22. The van der Waals surface area contributed by atoms with Gasteiger partial charge in [0.2, 0.25) is 5.88 Å². The maximum atomic E-state index is 9.88. The molecule has 0 aliphatic rings. The zero-order valence-corrected chi connectivity index (χ0v) is 9.97. The van der Waals surface area contributed by atoms with Gasteiger partial charge in [-0.2, -0.15) is 0 Å². The lowest BCUT2D eigenvalue weighted by Crippen LogP contribution is -2.22. The van der Waals surface area contributed by atoms with Crippen LogP contribution < -0.4 is 5.73 Å². The molecule has 1 heterocycles. The Kier molecular flexibility index (Phi) is 2.90. The number of benzene rings is 1. The summed E-state index contributed by atoms with van der Waals surface area (Å²) < 4.78 is 4.87. The van der Waals surface area contributed by atoms with Crippen molar-refractivity contribution in [3.05, 3.63) is 35.9 Å². The van der Waals surface area contributed by atoms with E-state index in [2.05, 4.69) is 5.16 Å². The van der Waals surface area contributed by atoms with Crippen LogP contribution >= 0.6 is 0 Å². The molecule has 0 aliphatic heterocycles. The summed E-state index contributed by atoms with van der Waals surface area (Å²) in [4.78, 5) is 0. The van der Waals surface area contributed by atoms with Gasteiger partial charge in [-0.15, -0.1) is 0 Å². The minimum Gasteiger partial charge on any atom is -0.390 e. The first kappa shape index (κ1) is 11.7. The molecule has 0 unspecified atom stereocenters. The molecule has 1 aromatic carbocycles. The van der Waals surface area contributed by atoms with Crippen molar-refractivity contribution in [2.75, 3.05) is 5.73 Å². The molecular weight excluding hydrogens is 216 g/mol. The van der Waals surface area contributed by atoms with Crippen LogP contribution in [-0.2, 0) is 6.42 Å². The Bertz CT molecular complexity index is 512. The fourth-order valence-electron chi connectivity index (χ4n) is 1.81. The SMILES string of the molecule is CC(C)(O)Cc1ccccc1-c1cc(N)on1. The molecule has 0 amide bonds. The maximum absolute atomic E-state index is 9.88. The van der Waals surface area contributed by atoms with Gasteiger partial charge in [-0.25, -0.2) is 0 Å². The van der Waals surface area contributed by atoms with Crippen LogP contribution in [0.25, 0.3) is 11.3 Å². The summed E-state index contributed by atoms with van der Waals surface area (Å²) in [6.07, 6.45) is 0.552. The van der Waals surface area contributed by atoms with Gasteiger partial charge in [-0.3, -0.25) is 0 Å². The van der Waals surface area contributed by atoms with Gasteiger partial charge < -0.3 is 15.4 Å². The summed E-state index contributed by atoms with van der Waals surface area (Å²) >= 11 is 0. The topological polar surface area (TPSA) is 72.3 Å². The average Bonchev–Trinajstić information content (AvgIpc) is 2.63. The number of aliphatic hydroxyl groups is 1. The number of rotatable bonds is 3. The van der Waals surface area contributed by atoms with Gasteiger partial charge in [-0.05, 0) is 19.4 Å². The summed E-state index contributed by atoms with van der Waals surface area (Å²) in [5.41, 5.74) is 7.41. The lowest BCUT2D eigenvalue weighted by molar-refractivity contribution is 0.0811. The fraction of sp³-hybridized carbons (Fsp3) is 0.308. The Morgan fingerprint density at radius 2 is 2.06 bits per heavy atom. The van der Waals surface area contributed by atoms with Crippen molar-refractivity contribution in [3.8, 4) is 11.3 Å². The fourth-order valence-corrected chi connectivity index (χ4v) is 1.81. The largest absolute Gasteiger partial charge is 0.390 e. The van der Waals surface area contributed by atoms with E-state index in [4.69, 9.17) is 10.3 Å². The molecule has 0 aliphatic carbocycles. The first-order valence-corrected chi connectivity index (χ1v) is 5.48. The minimum absolute atomic E-state index is 0.290. The van der Waals surface area contributed by atoms with Gasteiger partial charge in [0.1, 0.15) is 5.69 Å². The van der Waals surface area contributed by atoms with Crippen molar-refractivity contribution in [3.63, 3.8) is 0 Å². The van der Waals surface area contributed by atoms with E-state index in [1.54, 1.807) is 19.9 Å². The highest BCUT2D eigenvalue weighted by atomic mass is 16.5. The van der Waals surface area contributed by atoms with Crippen molar-refractivity contribution in [1.29, 1.82) is 0 Å². The average molecular weight is 232 g/mol. The highest BCUT2D eigenvalue weighted by Crippen LogP contribution is 2.26. The monoisotopic (exact) mass is 232 g/mol. The Morgan fingerprint density at radius 1 is 1.35 bits per heavy atom. The van der Waals surface area contributed by atoms with Crippen LogP contribution in [0.2, 0.25) is 0 Å². The lowest BCUT2D eigenvalue weighted by atomic mass is 9.93. The first-order chi connectivity index (χ1) is 7.96. The highest BCUT2D eigenvalue weighted by molar-refractivity contribution is 5.65. The molecule has 1 aromatic heterocycles. The third-order valence-corrected chi connectivity index (χ3v) is 2.44. The van der Waals surface area contributed by atoms with Gasteiger partial charge in [0.05, 0.1) is 5.60 Å². The molecule has 2 aromatic rings. The Morgan fingerprint density at radius 3 is 2.65 bits per heavy atom. The van der Waals surface area contributed by atoms with E-state index in [9.17, 15) is 5.11 Å². The third kappa shape index (κ3) is 2.85.